The van der Waals surface area contributed by atoms with Gasteiger partial charge >= 0.3 is 0 Å². The first kappa shape index (κ1) is 12.4. The fourth-order valence-corrected chi connectivity index (χ4v) is 2.74. The molecule has 1 saturated heterocycles. The number of nitrogens with one attached hydrogen (secondary N) is 1. The third kappa shape index (κ3) is 2.18. The summed E-state index contributed by atoms with van der Waals surface area (Å²) in [5.74, 6) is 1.65. The molecule has 0 amide bonds. The molecule has 5 heteroatoms. The number of imidazole rings is 1. The topological polar surface area (TPSA) is 55.9 Å². The van der Waals surface area contributed by atoms with Crippen molar-refractivity contribution in [1.82, 2.24) is 19.9 Å². The van der Waals surface area contributed by atoms with Gasteiger partial charge in [-0.05, 0) is 26.8 Å². The average Bonchev–Trinajstić information content (AvgIpc) is 3.04. The van der Waals surface area contributed by atoms with Gasteiger partial charge in [0.2, 0.25) is 5.89 Å². The summed E-state index contributed by atoms with van der Waals surface area (Å²) in [6, 6.07) is 0. The maximum Gasteiger partial charge on any atom is 0.214 e. The second-order valence-electron chi connectivity index (χ2n) is 5.64. The van der Waals surface area contributed by atoms with Crippen LogP contribution in [0.5, 0.6) is 0 Å². The van der Waals surface area contributed by atoms with Crippen LogP contribution in [-0.4, -0.2) is 27.6 Å². The fraction of sp³-hybridized carbons (Fsp3) is 0.571. The molecule has 1 aliphatic heterocycles. The Labute approximate surface area is 113 Å². The van der Waals surface area contributed by atoms with Gasteiger partial charge in [-0.25, -0.2) is 9.97 Å². The smallest absolute Gasteiger partial charge is 0.214 e. The van der Waals surface area contributed by atoms with E-state index in [1.807, 2.05) is 26.4 Å². The Morgan fingerprint density at radius 1 is 1.47 bits per heavy atom. The lowest BCUT2D eigenvalue weighted by molar-refractivity contribution is 0.432. The van der Waals surface area contributed by atoms with Gasteiger partial charge < -0.3 is 14.3 Å². The molecule has 1 aliphatic rings. The van der Waals surface area contributed by atoms with Crippen molar-refractivity contribution in [3.8, 4) is 0 Å². The fourth-order valence-electron chi connectivity index (χ4n) is 2.74. The van der Waals surface area contributed by atoms with Crippen LogP contribution in [0.2, 0.25) is 0 Å². The summed E-state index contributed by atoms with van der Waals surface area (Å²) in [4.78, 5) is 8.75. The number of rotatable bonds is 3. The van der Waals surface area contributed by atoms with Crippen molar-refractivity contribution >= 4 is 0 Å². The SMILES string of the molecule is Cc1nc(Cn2cncc2C2(C)CCNC2)oc1C. The van der Waals surface area contributed by atoms with Crippen LogP contribution < -0.4 is 5.32 Å². The van der Waals surface area contributed by atoms with E-state index >= 15 is 0 Å². The summed E-state index contributed by atoms with van der Waals surface area (Å²) in [5.41, 5.74) is 2.38. The largest absolute Gasteiger partial charge is 0.444 e. The van der Waals surface area contributed by atoms with E-state index in [4.69, 9.17) is 4.42 Å². The first-order chi connectivity index (χ1) is 9.08. The van der Waals surface area contributed by atoms with Crippen molar-refractivity contribution in [2.45, 2.75) is 39.2 Å². The van der Waals surface area contributed by atoms with Crippen LogP contribution in [0.25, 0.3) is 0 Å². The van der Waals surface area contributed by atoms with E-state index < -0.39 is 0 Å². The van der Waals surface area contributed by atoms with Gasteiger partial charge in [0, 0.05) is 23.9 Å². The van der Waals surface area contributed by atoms with E-state index in [0.717, 1.165) is 36.9 Å². The lowest BCUT2D eigenvalue weighted by Gasteiger charge is -2.23. The van der Waals surface area contributed by atoms with Crippen LogP contribution >= 0.6 is 0 Å². The molecule has 3 rings (SSSR count). The van der Waals surface area contributed by atoms with Crippen LogP contribution in [0.1, 0.15) is 36.4 Å². The Hall–Kier alpha value is -1.62. The van der Waals surface area contributed by atoms with Crippen LogP contribution in [0.15, 0.2) is 16.9 Å². The Kier molecular flexibility index (Phi) is 2.93. The second-order valence-corrected chi connectivity index (χ2v) is 5.64. The highest BCUT2D eigenvalue weighted by atomic mass is 16.4. The molecule has 1 unspecified atom stereocenters. The highest BCUT2D eigenvalue weighted by Gasteiger charge is 2.33. The highest BCUT2D eigenvalue weighted by molar-refractivity contribution is 5.18. The van der Waals surface area contributed by atoms with E-state index in [2.05, 4.69) is 26.8 Å². The number of aryl methyl sites for hydroxylation is 2. The van der Waals surface area contributed by atoms with Gasteiger partial charge in [0.15, 0.2) is 0 Å². The monoisotopic (exact) mass is 260 g/mol. The molecule has 5 nitrogen and oxygen atoms in total. The quantitative estimate of drug-likeness (QED) is 0.914. The van der Waals surface area contributed by atoms with Crippen molar-refractivity contribution < 1.29 is 4.42 Å². The minimum atomic E-state index is 0.160. The molecule has 1 fully saturated rings. The van der Waals surface area contributed by atoms with Gasteiger partial charge in [0.1, 0.15) is 12.3 Å². The van der Waals surface area contributed by atoms with E-state index in [0.29, 0.717) is 6.54 Å². The molecule has 0 bridgehead atoms. The van der Waals surface area contributed by atoms with Gasteiger partial charge in [0.05, 0.1) is 12.0 Å². The molecule has 1 N–H and O–H groups in total. The van der Waals surface area contributed by atoms with Crippen molar-refractivity contribution in [2.75, 3.05) is 13.1 Å². The summed E-state index contributed by atoms with van der Waals surface area (Å²) in [6.07, 6.45) is 4.98. The summed E-state index contributed by atoms with van der Waals surface area (Å²) < 4.78 is 7.81. The Balaban J connectivity index is 1.88. The lowest BCUT2D eigenvalue weighted by Crippen LogP contribution is -2.28. The highest BCUT2D eigenvalue weighted by Crippen LogP contribution is 2.30. The minimum absolute atomic E-state index is 0.160. The lowest BCUT2D eigenvalue weighted by atomic mass is 9.86. The summed E-state index contributed by atoms with van der Waals surface area (Å²) in [7, 11) is 0. The van der Waals surface area contributed by atoms with E-state index in [-0.39, 0.29) is 5.41 Å². The van der Waals surface area contributed by atoms with Crippen molar-refractivity contribution in [3.05, 3.63) is 35.6 Å². The third-order valence-corrected chi connectivity index (χ3v) is 4.08. The van der Waals surface area contributed by atoms with Gasteiger partial charge in [0.25, 0.3) is 0 Å². The maximum atomic E-state index is 5.66. The predicted octanol–water partition coefficient (Wildman–Crippen LogP) is 1.79. The van der Waals surface area contributed by atoms with Crippen LogP contribution in [0, 0.1) is 13.8 Å². The third-order valence-electron chi connectivity index (χ3n) is 4.08. The minimum Gasteiger partial charge on any atom is -0.444 e. The molecule has 0 radical (unpaired) electrons. The molecule has 0 spiro atoms. The molecule has 19 heavy (non-hydrogen) atoms. The molecule has 102 valence electrons. The van der Waals surface area contributed by atoms with E-state index in [1.165, 1.54) is 5.69 Å². The van der Waals surface area contributed by atoms with Crippen molar-refractivity contribution in [2.24, 2.45) is 0 Å². The summed E-state index contributed by atoms with van der Waals surface area (Å²) >= 11 is 0. The van der Waals surface area contributed by atoms with Gasteiger partial charge in [-0.2, -0.15) is 0 Å². The summed E-state index contributed by atoms with van der Waals surface area (Å²) in [6.45, 7) is 8.93. The molecule has 2 aromatic heterocycles. The number of oxazole rings is 1. The molecule has 0 saturated carbocycles. The Morgan fingerprint density at radius 3 is 2.95 bits per heavy atom. The first-order valence-corrected chi connectivity index (χ1v) is 6.73. The Bertz CT molecular complexity index is 559. The zero-order chi connectivity index (χ0) is 13.5. The number of nitrogens with zero attached hydrogens (tertiary/aromatic N) is 3. The molecular weight excluding hydrogens is 240 g/mol. The average molecular weight is 260 g/mol. The molecule has 1 atom stereocenters. The predicted molar refractivity (Wildman–Crippen MR) is 72.1 cm³/mol. The van der Waals surface area contributed by atoms with Gasteiger partial charge in [-0.1, -0.05) is 6.92 Å². The van der Waals surface area contributed by atoms with Crippen LogP contribution in [-0.2, 0) is 12.0 Å². The number of hydrogen-bond donors (Lipinski definition) is 1. The first-order valence-electron chi connectivity index (χ1n) is 6.73. The molecule has 2 aromatic rings. The van der Waals surface area contributed by atoms with Gasteiger partial charge in [-0.3, -0.25) is 0 Å². The molecule has 0 aliphatic carbocycles. The Morgan fingerprint density at radius 2 is 2.32 bits per heavy atom. The molecule has 0 aromatic carbocycles. The normalized spacial score (nSPS) is 23.1. The second kappa shape index (κ2) is 4.49. The van der Waals surface area contributed by atoms with E-state index in [9.17, 15) is 0 Å². The van der Waals surface area contributed by atoms with Gasteiger partial charge in [-0.15, -0.1) is 0 Å². The molecular formula is C14H20N4O. The van der Waals surface area contributed by atoms with E-state index in [1.54, 1.807) is 0 Å². The molecule has 3 heterocycles. The zero-order valence-corrected chi connectivity index (χ0v) is 11.7. The zero-order valence-electron chi connectivity index (χ0n) is 11.7. The maximum absolute atomic E-state index is 5.66. The van der Waals surface area contributed by atoms with Crippen molar-refractivity contribution in [3.63, 3.8) is 0 Å². The number of hydrogen-bond acceptors (Lipinski definition) is 4. The standard InChI is InChI=1S/C14H20N4O/c1-10-11(2)19-13(17-10)7-18-9-16-6-12(18)14(3)4-5-15-8-14/h6,9,15H,4-5,7-8H2,1-3H3. The van der Waals surface area contributed by atoms with Crippen LogP contribution in [0.3, 0.4) is 0 Å². The van der Waals surface area contributed by atoms with Crippen molar-refractivity contribution in [1.29, 1.82) is 0 Å². The summed E-state index contributed by atoms with van der Waals surface area (Å²) in [5, 5.41) is 3.43. The van der Waals surface area contributed by atoms with Crippen LogP contribution in [0.4, 0.5) is 0 Å². The number of aromatic nitrogens is 3.